The van der Waals surface area contributed by atoms with Crippen molar-refractivity contribution in [2.24, 2.45) is 7.05 Å². The van der Waals surface area contributed by atoms with Crippen molar-refractivity contribution >= 4 is 5.82 Å². The number of likely N-dealkylation sites (N-methyl/N-ethyl adjacent to an activating group) is 1. The van der Waals surface area contributed by atoms with Crippen LogP contribution in [0.4, 0.5) is 5.82 Å². The van der Waals surface area contributed by atoms with Crippen LogP contribution in [0.1, 0.15) is 31.5 Å². The molecule has 0 aliphatic carbocycles. The number of aromatic nitrogens is 4. The molecule has 0 spiro atoms. The van der Waals surface area contributed by atoms with E-state index >= 15 is 0 Å². The fourth-order valence-electron chi connectivity index (χ4n) is 2.94. The van der Waals surface area contributed by atoms with Gasteiger partial charge in [0.05, 0.1) is 19.3 Å². The van der Waals surface area contributed by atoms with Crippen LogP contribution in [0.2, 0.25) is 0 Å². The van der Waals surface area contributed by atoms with E-state index in [1.807, 2.05) is 25.8 Å². The number of morpholine rings is 1. The largest absolute Gasteiger partial charge is 0.374 e. The van der Waals surface area contributed by atoms with Gasteiger partial charge in [0.1, 0.15) is 0 Å². The number of hydrogen-bond donors (Lipinski definition) is 0. The lowest BCUT2D eigenvalue weighted by Crippen LogP contribution is -2.47. The summed E-state index contributed by atoms with van der Waals surface area (Å²) in [5.41, 5.74) is -0.115. The lowest BCUT2D eigenvalue weighted by molar-refractivity contribution is -0.0274. The molecule has 2 aromatic rings. The third-order valence-electron chi connectivity index (χ3n) is 4.40. The molecule has 0 amide bonds. The van der Waals surface area contributed by atoms with Gasteiger partial charge in [0, 0.05) is 52.0 Å². The minimum Gasteiger partial charge on any atom is -0.374 e. The van der Waals surface area contributed by atoms with E-state index in [2.05, 4.69) is 20.0 Å². The average molecular weight is 362 g/mol. The Bertz CT molecular complexity index is 787. The summed E-state index contributed by atoms with van der Waals surface area (Å²) in [4.78, 5) is 24.9. The molecule has 1 fully saturated rings. The second-order valence-corrected chi connectivity index (χ2v) is 6.98. The van der Waals surface area contributed by atoms with E-state index in [1.54, 1.807) is 19.4 Å². The van der Waals surface area contributed by atoms with Crippen molar-refractivity contribution in [3.8, 4) is 0 Å². The van der Waals surface area contributed by atoms with Gasteiger partial charge in [0.25, 0.3) is 5.56 Å². The maximum Gasteiger partial charge on any atom is 0.293 e. The summed E-state index contributed by atoms with van der Waals surface area (Å²) in [6.07, 6.45) is 3.26. The predicted molar refractivity (Wildman–Crippen MR) is 96.2 cm³/mol. The van der Waals surface area contributed by atoms with Crippen molar-refractivity contribution < 1.29 is 9.26 Å². The fourth-order valence-corrected chi connectivity index (χ4v) is 2.94. The highest BCUT2D eigenvalue weighted by atomic mass is 16.5. The normalized spacial score (nSPS) is 18.4. The molecule has 1 unspecified atom stereocenters. The topological polar surface area (TPSA) is 89.5 Å². The Labute approximate surface area is 152 Å². The summed E-state index contributed by atoms with van der Waals surface area (Å²) in [6.45, 7) is 7.46. The molecule has 9 nitrogen and oxygen atoms in total. The van der Waals surface area contributed by atoms with Crippen LogP contribution in [0.5, 0.6) is 0 Å². The monoisotopic (exact) mass is 362 g/mol. The van der Waals surface area contributed by atoms with Gasteiger partial charge in [0.2, 0.25) is 5.89 Å². The van der Waals surface area contributed by atoms with Gasteiger partial charge >= 0.3 is 0 Å². The molecule has 3 rings (SSSR count). The molecule has 142 valence electrons. The van der Waals surface area contributed by atoms with Gasteiger partial charge in [-0.3, -0.25) is 9.69 Å². The van der Waals surface area contributed by atoms with Gasteiger partial charge in [0.15, 0.2) is 11.6 Å². The van der Waals surface area contributed by atoms with Gasteiger partial charge in [-0.2, -0.15) is 4.98 Å². The fraction of sp³-hybridized carbons (Fsp3) is 0.647. The number of hydrogen-bond acceptors (Lipinski definition) is 8. The van der Waals surface area contributed by atoms with Crippen LogP contribution in [0.3, 0.4) is 0 Å². The van der Waals surface area contributed by atoms with Crippen molar-refractivity contribution in [1.82, 2.24) is 24.6 Å². The molecule has 1 aliphatic heterocycles. The van der Waals surface area contributed by atoms with E-state index in [4.69, 9.17) is 9.26 Å². The average Bonchev–Trinajstić information content (AvgIpc) is 3.06. The van der Waals surface area contributed by atoms with Crippen molar-refractivity contribution in [3.05, 3.63) is 34.5 Å². The third-order valence-corrected chi connectivity index (χ3v) is 4.40. The van der Waals surface area contributed by atoms with Gasteiger partial charge < -0.3 is 18.7 Å². The maximum atomic E-state index is 12.2. The molecular weight excluding hydrogens is 336 g/mol. The summed E-state index contributed by atoms with van der Waals surface area (Å²) < 4.78 is 12.7. The minimum absolute atomic E-state index is 0.0167. The Morgan fingerprint density at radius 3 is 2.96 bits per heavy atom. The van der Waals surface area contributed by atoms with Crippen molar-refractivity contribution in [2.45, 2.75) is 32.4 Å². The first kappa shape index (κ1) is 18.5. The molecule has 0 bridgehead atoms. The van der Waals surface area contributed by atoms with Gasteiger partial charge in [-0.25, -0.2) is 4.98 Å². The Hall–Kier alpha value is -2.26. The summed E-state index contributed by atoms with van der Waals surface area (Å²) in [5.74, 6) is 2.01. The second-order valence-electron chi connectivity index (χ2n) is 6.98. The Balaban J connectivity index is 1.59. The molecule has 0 N–H and O–H groups in total. The summed E-state index contributed by atoms with van der Waals surface area (Å²) in [7, 11) is 3.58. The van der Waals surface area contributed by atoms with E-state index in [-0.39, 0.29) is 17.6 Å². The second kappa shape index (κ2) is 7.96. The Morgan fingerprint density at radius 1 is 1.42 bits per heavy atom. The molecule has 26 heavy (non-hydrogen) atoms. The molecule has 2 aromatic heterocycles. The zero-order valence-corrected chi connectivity index (χ0v) is 15.8. The molecule has 9 heteroatoms. The van der Waals surface area contributed by atoms with Gasteiger partial charge in [-0.15, -0.1) is 0 Å². The Morgan fingerprint density at radius 2 is 2.23 bits per heavy atom. The van der Waals surface area contributed by atoms with Crippen LogP contribution >= 0.6 is 0 Å². The van der Waals surface area contributed by atoms with Crippen LogP contribution in [-0.2, 0) is 18.3 Å². The molecule has 1 saturated heterocycles. The highest BCUT2D eigenvalue weighted by molar-refractivity contribution is 5.34. The lowest BCUT2D eigenvalue weighted by atomic mass is 10.2. The lowest BCUT2D eigenvalue weighted by Gasteiger charge is -2.34. The third kappa shape index (κ3) is 4.28. The first-order valence-electron chi connectivity index (χ1n) is 8.83. The number of ether oxygens (including phenoxy) is 1. The first-order chi connectivity index (χ1) is 12.4. The molecule has 0 saturated carbocycles. The quantitative estimate of drug-likeness (QED) is 0.739. The van der Waals surface area contributed by atoms with Crippen molar-refractivity contribution in [1.29, 1.82) is 0 Å². The predicted octanol–water partition coefficient (Wildman–Crippen LogP) is 0.624. The zero-order chi connectivity index (χ0) is 18.7. The molecule has 1 aliphatic rings. The van der Waals surface area contributed by atoms with E-state index in [0.717, 1.165) is 13.1 Å². The van der Waals surface area contributed by atoms with E-state index in [1.165, 1.54) is 4.57 Å². The SMILES string of the molecule is CC(C)c1nc(CN2CCOC(CN(C)c3nccn(C)c3=O)C2)no1. The first-order valence-corrected chi connectivity index (χ1v) is 8.83. The van der Waals surface area contributed by atoms with Crippen molar-refractivity contribution in [3.63, 3.8) is 0 Å². The smallest absolute Gasteiger partial charge is 0.293 e. The Kier molecular flexibility index (Phi) is 5.67. The van der Waals surface area contributed by atoms with Crippen LogP contribution in [-0.4, -0.2) is 64.0 Å². The maximum absolute atomic E-state index is 12.2. The van der Waals surface area contributed by atoms with E-state index in [9.17, 15) is 4.79 Å². The number of aryl methyl sites for hydroxylation is 1. The van der Waals surface area contributed by atoms with E-state index in [0.29, 0.717) is 37.2 Å². The van der Waals surface area contributed by atoms with Crippen LogP contribution < -0.4 is 10.5 Å². The number of nitrogens with zero attached hydrogens (tertiary/aromatic N) is 6. The molecule has 3 heterocycles. The molecule has 0 radical (unpaired) electrons. The highest BCUT2D eigenvalue weighted by Crippen LogP contribution is 2.14. The van der Waals surface area contributed by atoms with Crippen LogP contribution in [0, 0.1) is 0 Å². The number of rotatable bonds is 6. The minimum atomic E-state index is -0.115. The van der Waals surface area contributed by atoms with Crippen molar-refractivity contribution in [2.75, 3.05) is 38.2 Å². The molecular formula is C17H26N6O3. The standard InChI is InChI=1S/C17H26N6O3/c1-12(2)16-19-14(20-26-16)11-23-7-8-25-13(10-23)9-22(4)15-17(24)21(3)6-5-18-15/h5-6,12-13H,7-11H2,1-4H3. The summed E-state index contributed by atoms with van der Waals surface area (Å²) in [5, 5.41) is 4.05. The molecule has 0 aromatic carbocycles. The van der Waals surface area contributed by atoms with Crippen LogP contribution in [0.25, 0.3) is 0 Å². The number of anilines is 1. The van der Waals surface area contributed by atoms with Gasteiger partial charge in [-0.05, 0) is 0 Å². The zero-order valence-electron chi connectivity index (χ0n) is 15.8. The highest BCUT2D eigenvalue weighted by Gasteiger charge is 2.24. The summed E-state index contributed by atoms with van der Waals surface area (Å²) >= 11 is 0. The molecule has 1 atom stereocenters. The van der Waals surface area contributed by atoms with E-state index < -0.39 is 0 Å². The summed E-state index contributed by atoms with van der Waals surface area (Å²) in [6, 6.07) is 0. The van der Waals surface area contributed by atoms with Gasteiger partial charge in [-0.1, -0.05) is 19.0 Å². The van der Waals surface area contributed by atoms with Crippen LogP contribution in [0.15, 0.2) is 21.7 Å².